The van der Waals surface area contributed by atoms with Crippen molar-refractivity contribution in [2.24, 2.45) is 0 Å². The summed E-state index contributed by atoms with van der Waals surface area (Å²) in [5.74, 6) is 2.93. The molecular formula is C22H25N5O3. The molecule has 0 unspecified atom stereocenters. The summed E-state index contributed by atoms with van der Waals surface area (Å²) in [7, 11) is 0. The average molecular weight is 407 g/mol. The minimum absolute atomic E-state index is 0.0149. The van der Waals surface area contributed by atoms with Crippen molar-refractivity contribution < 1.29 is 14.1 Å². The molecule has 3 aromatic rings. The van der Waals surface area contributed by atoms with Gasteiger partial charge in [0.05, 0.1) is 0 Å². The Balaban J connectivity index is 1.27. The number of hydrogen-bond donors (Lipinski definition) is 0. The molecule has 30 heavy (non-hydrogen) atoms. The van der Waals surface area contributed by atoms with Gasteiger partial charge in [0.2, 0.25) is 0 Å². The largest absolute Gasteiger partial charge is 0.484 e. The number of carbonyl (C=O) groups excluding carboxylic acids is 1. The Morgan fingerprint density at radius 3 is 2.50 bits per heavy atom. The predicted molar refractivity (Wildman–Crippen MR) is 112 cm³/mol. The van der Waals surface area contributed by atoms with Crippen LogP contribution >= 0.6 is 0 Å². The molecule has 3 heterocycles. The van der Waals surface area contributed by atoms with E-state index in [0.29, 0.717) is 30.6 Å². The minimum Gasteiger partial charge on any atom is -0.484 e. The van der Waals surface area contributed by atoms with Gasteiger partial charge in [-0.05, 0) is 36.4 Å². The SMILES string of the molecule is CC(C)c1noc(-c2ccc(OCC(=O)N3CCN(c4ccccn4)CC3)cc2)n1. The molecule has 1 saturated heterocycles. The van der Waals surface area contributed by atoms with Crippen molar-refractivity contribution >= 4 is 11.7 Å². The van der Waals surface area contributed by atoms with Crippen LogP contribution in [0.2, 0.25) is 0 Å². The number of carbonyl (C=O) groups is 1. The average Bonchev–Trinajstić information content (AvgIpc) is 3.29. The Kier molecular flexibility index (Phi) is 5.92. The smallest absolute Gasteiger partial charge is 0.260 e. The van der Waals surface area contributed by atoms with Crippen LogP contribution < -0.4 is 9.64 Å². The van der Waals surface area contributed by atoms with Crippen LogP contribution in [-0.4, -0.2) is 58.7 Å². The van der Waals surface area contributed by atoms with Gasteiger partial charge in [-0.15, -0.1) is 0 Å². The standard InChI is InChI=1S/C22H25N5O3/c1-16(2)21-24-22(30-25-21)17-6-8-18(9-7-17)29-15-20(28)27-13-11-26(12-14-27)19-5-3-4-10-23-19/h3-10,16H,11-15H2,1-2H3. The third-order valence-electron chi connectivity index (χ3n) is 5.03. The molecule has 1 aliphatic rings. The van der Waals surface area contributed by atoms with Gasteiger partial charge in [0.1, 0.15) is 11.6 Å². The first-order valence-corrected chi connectivity index (χ1v) is 10.1. The monoisotopic (exact) mass is 407 g/mol. The summed E-state index contributed by atoms with van der Waals surface area (Å²) in [6, 6.07) is 13.2. The van der Waals surface area contributed by atoms with Gasteiger partial charge in [0.15, 0.2) is 12.4 Å². The molecule has 4 rings (SSSR count). The number of aromatic nitrogens is 3. The van der Waals surface area contributed by atoms with E-state index in [1.807, 2.05) is 49.1 Å². The molecule has 1 aliphatic heterocycles. The molecule has 1 aromatic carbocycles. The number of rotatable bonds is 6. The zero-order chi connectivity index (χ0) is 20.9. The highest BCUT2D eigenvalue weighted by Crippen LogP contribution is 2.22. The number of piperazine rings is 1. The Morgan fingerprint density at radius 2 is 1.87 bits per heavy atom. The van der Waals surface area contributed by atoms with Gasteiger partial charge in [-0.25, -0.2) is 4.98 Å². The fraction of sp³-hybridized carbons (Fsp3) is 0.364. The summed E-state index contributed by atoms with van der Waals surface area (Å²) in [5.41, 5.74) is 0.818. The van der Waals surface area contributed by atoms with E-state index < -0.39 is 0 Å². The summed E-state index contributed by atoms with van der Waals surface area (Å²) in [6.45, 7) is 6.89. The number of ether oxygens (including phenoxy) is 1. The van der Waals surface area contributed by atoms with Gasteiger partial charge in [0, 0.05) is 43.9 Å². The van der Waals surface area contributed by atoms with Crippen LogP contribution in [0.3, 0.4) is 0 Å². The molecule has 1 amide bonds. The maximum atomic E-state index is 12.5. The highest BCUT2D eigenvalue weighted by molar-refractivity contribution is 5.78. The van der Waals surface area contributed by atoms with E-state index in [-0.39, 0.29) is 18.4 Å². The van der Waals surface area contributed by atoms with Crippen molar-refractivity contribution in [1.82, 2.24) is 20.0 Å². The fourth-order valence-corrected chi connectivity index (χ4v) is 3.24. The summed E-state index contributed by atoms with van der Waals surface area (Å²) in [6.07, 6.45) is 1.79. The predicted octanol–water partition coefficient (Wildman–Crippen LogP) is 2.98. The van der Waals surface area contributed by atoms with Crippen molar-refractivity contribution in [3.8, 4) is 17.2 Å². The lowest BCUT2D eigenvalue weighted by molar-refractivity contribution is -0.133. The van der Waals surface area contributed by atoms with Crippen molar-refractivity contribution in [1.29, 1.82) is 0 Å². The molecule has 1 fully saturated rings. The summed E-state index contributed by atoms with van der Waals surface area (Å²) < 4.78 is 11.0. The third kappa shape index (κ3) is 4.59. The fourth-order valence-electron chi connectivity index (χ4n) is 3.24. The molecule has 8 nitrogen and oxygen atoms in total. The molecule has 8 heteroatoms. The number of nitrogens with zero attached hydrogens (tertiary/aromatic N) is 5. The van der Waals surface area contributed by atoms with E-state index >= 15 is 0 Å². The number of pyridine rings is 1. The molecule has 0 N–H and O–H groups in total. The van der Waals surface area contributed by atoms with E-state index in [9.17, 15) is 4.79 Å². The van der Waals surface area contributed by atoms with Gasteiger partial charge in [-0.2, -0.15) is 4.98 Å². The van der Waals surface area contributed by atoms with Crippen LogP contribution in [0.1, 0.15) is 25.6 Å². The topological polar surface area (TPSA) is 84.6 Å². The van der Waals surface area contributed by atoms with Crippen LogP contribution in [0.5, 0.6) is 5.75 Å². The van der Waals surface area contributed by atoms with Crippen LogP contribution in [0, 0.1) is 0 Å². The maximum Gasteiger partial charge on any atom is 0.260 e. The number of amides is 1. The molecular weight excluding hydrogens is 382 g/mol. The maximum absolute atomic E-state index is 12.5. The summed E-state index contributed by atoms with van der Waals surface area (Å²) >= 11 is 0. The Hall–Kier alpha value is -3.42. The lowest BCUT2D eigenvalue weighted by Crippen LogP contribution is -2.50. The van der Waals surface area contributed by atoms with Crippen LogP contribution in [0.15, 0.2) is 53.2 Å². The van der Waals surface area contributed by atoms with Gasteiger partial charge >= 0.3 is 0 Å². The summed E-state index contributed by atoms with van der Waals surface area (Å²) in [4.78, 5) is 25.3. The molecule has 0 bridgehead atoms. The van der Waals surface area contributed by atoms with E-state index in [2.05, 4.69) is 20.0 Å². The van der Waals surface area contributed by atoms with Crippen LogP contribution in [0.25, 0.3) is 11.5 Å². The lowest BCUT2D eigenvalue weighted by atomic mass is 10.2. The third-order valence-corrected chi connectivity index (χ3v) is 5.03. The molecule has 0 saturated carbocycles. The van der Waals surface area contributed by atoms with Crippen molar-refractivity contribution in [2.45, 2.75) is 19.8 Å². The van der Waals surface area contributed by atoms with Crippen molar-refractivity contribution in [2.75, 3.05) is 37.7 Å². The Bertz CT molecular complexity index is 964. The van der Waals surface area contributed by atoms with Crippen LogP contribution in [-0.2, 0) is 4.79 Å². The lowest BCUT2D eigenvalue weighted by Gasteiger charge is -2.35. The normalized spacial score (nSPS) is 14.2. The quantitative estimate of drug-likeness (QED) is 0.621. The zero-order valence-electron chi connectivity index (χ0n) is 17.2. The minimum atomic E-state index is -0.0155. The molecule has 0 radical (unpaired) electrons. The molecule has 0 aliphatic carbocycles. The van der Waals surface area contributed by atoms with Crippen molar-refractivity contribution in [3.63, 3.8) is 0 Å². The number of hydrogen-bond acceptors (Lipinski definition) is 7. The van der Waals surface area contributed by atoms with E-state index in [4.69, 9.17) is 9.26 Å². The first-order chi connectivity index (χ1) is 14.6. The Morgan fingerprint density at radius 1 is 1.10 bits per heavy atom. The molecule has 156 valence electrons. The second-order valence-electron chi connectivity index (χ2n) is 7.48. The first kappa shape index (κ1) is 19.9. The second-order valence-corrected chi connectivity index (χ2v) is 7.48. The second kappa shape index (κ2) is 8.94. The van der Waals surface area contributed by atoms with Gasteiger partial charge in [0.25, 0.3) is 11.8 Å². The first-order valence-electron chi connectivity index (χ1n) is 10.1. The number of benzene rings is 1. The molecule has 0 spiro atoms. The Labute approximate surface area is 175 Å². The van der Waals surface area contributed by atoms with Gasteiger partial charge in [-0.1, -0.05) is 25.1 Å². The van der Waals surface area contributed by atoms with Gasteiger partial charge in [-0.3, -0.25) is 4.79 Å². The van der Waals surface area contributed by atoms with Crippen LogP contribution in [0.4, 0.5) is 5.82 Å². The highest BCUT2D eigenvalue weighted by atomic mass is 16.5. The van der Waals surface area contributed by atoms with Gasteiger partial charge < -0.3 is 19.1 Å². The molecule has 0 atom stereocenters. The van der Waals surface area contributed by atoms with E-state index in [1.165, 1.54) is 0 Å². The zero-order valence-corrected chi connectivity index (χ0v) is 17.2. The van der Waals surface area contributed by atoms with E-state index in [1.54, 1.807) is 18.3 Å². The summed E-state index contributed by atoms with van der Waals surface area (Å²) in [5, 5.41) is 3.98. The van der Waals surface area contributed by atoms with E-state index in [0.717, 1.165) is 24.5 Å². The highest BCUT2D eigenvalue weighted by Gasteiger charge is 2.22. The number of anilines is 1. The van der Waals surface area contributed by atoms with Crippen molar-refractivity contribution in [3.05, 3.63) is 54.5 Å². The molecule has 2 aromatic heterocycles.